The van der Waals surface area contributed by atoms with Crippen molar-refractivity contribution in [3.63, 3.8) is 0 Å². The highest BCUT2D eigenvalue weighted by molar-refractivity contribution is 6.07. The van der Waals surface area contributed by atoms with Gasteiger partial charge in [-0.25, -0.2) is 0 Å². The van der Waals surface area contributed by atoms with Gasteiger partial charge in [0.1, 0.15) is 0 Å². The number of nitrogens with zero attached hydrogens (tertiary/aromatic N) is 1. The number of carbonyl (C=O) groups excluding carboxylic acids is 2. The Hall–Kier alpha value is -3.06. The Kier molecular flexibility index (Phi) is 7.17. The molecule has 31 heavy (non-hydrogen) atoms. The van der Waals surface area contributed by atoms with Crippen molar-refractivity contribution in [3.8, 4) is 11.5 Å². The van der Waals surface area contributed by atoms with Crippen LogP contribution in [0.4, 0.5) is 5.69 Å². The van der Waals surface area contributed by atoms with Crippen LogP contribution in [0.1, 0.15) is 51.1 Å². The number of hydrogen-bond acceptors (Lipinski definition) is 5. The topological polar surface area (TPSA) is 88.1 Å². The van der Waals surface area contributed by atoms with Gasteiger partial charge >= 0.3 is 0 Å². The molecule has 0 spiro atoms. The highest BCUT2D eigenvalue weighted by Crippen LogP contribution is 2.38. The van der Waals surface area contributed by atoms with Crippen molar-refractivity contribution in [3.05, 3.63) is 52.6 Å². The standard InChI is InChI=1S/C24H30N2O5/c1-15-8-9-16(2)19(11-15)23(28)25-20-12-17(13-21(30-3)22(20)31-4)24(29)26-10-6-5-7-18(26)14-27/h8-9,11-13,18,27H,5-7,10,14H2,1-4H3,(H,25,28). The Labute approximate surface area is 183 Å². The SMILES string of the molecule is COc1cc(C(=O)N2CCCCC2CO)cc(NC(=O)c2cc(C)ccc2C)c1OC. The third kappa shape index (κ3) is 4.82. The number of anilines is 1. The summed E-state index contributed by atoms with van der Waals surface area (Å²) in [5, 5.41) is 12.6. The molecule has 0 saturated carbocycles. The number of aliphatic hydroxyl groups excluding tert-OH is 1. The minimum Gasteiger partial charge on any atom is -0.493 e. The number of carbonyl (C=O) groups is 2. The van der Waals surface area contributed by atoms with Crippen molar-refractivity contribution < 1.29 is 24.2 Å². The first kappa shape index (κ1) is 22.6. The van der Waals surface area contributed by atoms with E-state index in [9.17, 15) is 14.7 Å². The lowest BCUT2D eigenvalue weighted by Gasteiger charge is -2.34. The van der Waals surface area contributed by atoms with Gasteiger partial charge in [0.2, 0.25) is 0 Å². The number of ether oxygens (including phenoxy) is 2. The molecule has 2 N–H and O–H groups in total. The number of benzene rings is 2. The highest BCUT2D eigenvalue weighted by Gasteiger charge is 2.28. The number of methoxy groups -OCH3 is 2. The molecular formula is C24H30N2O5. The van der Waals surface area contributed by atoms with E-state index in [1.165, 1.54) is 14.2 Å². The summed E-state index contributed by atoms with van der Waals surface area (Å²) in [7, 11) is 2.97. The Morgan fingerprint density at radius 1 is 1.13 bits per heavy atom. The Morgan fingerprint density at radius 3 is 2.58 bits per heavy atom. The van der Waals surface area contributed by atoms with Gasteiger partial charge in [0.15, 0.2) is 11.5 Å². The molecule has 3 rings (SSSR count). The van der Waals surface area contributed by atoms with E-state index in [1.54, 1.807) is 17.0 Å². The molecule has 7 heteroatoms. The summed E-state index contributed by atoms with van der Waals surface area (Å²) >= 11 is 0. The lowest BCUT2D eigenvalue weighted by atomic mass is 10.0. The van der Waals surface area contributed by atoms with Crippen molar-refractivity contribution in [1.29, 1.82) is 0 Å². The lowest BCUT2D eigenvalue weighted by molar-refractivity contribution is 0.0502. The Morgan fingerprint density at radius 2 is 1.90 bits per heavy atom. The van der Waals surface area contributed by atoms with Crippen LogP contribution < -0.4 is 14.8 Å². The molecule has 2 aromatic carbocycles. The van der Waals surface area contributed by atoms with Crippen LogP contribution >= 0.6 is 0 Å². The molecule has 1 fully saturated rings. The van der Waals surface area contributed by atoms with Gasteiger partial charge in [-0.3, -0.25) is 9.59 Å². The number of likely N-dealkylation sites (tertiary alicyclic amines) is 1. The molecule has 1 aliphatic rings. The largest absolute Gasteiger partial charge is 0.493 e. The summed E-state index contributed by atoms with van der Waals surface area (Å²) in [5.74, 6) is 0.191. The molecular weight excluding hydrogens is 396 g/mol. The first-order chi connectivity index (χ1) is 14.9. The van der Waals surface area contributed by atoms with Gasteiger partial charge in [-0.15, -0.1) is 0 Å². The first-order valence-electron chi connectivity index (χ1n) is 10.5. The number of aliphatic hydroxyl groups is 1. The van der Waals surface area contributed by atoms with E-state index in [2.05, 4.69) is 5.32 Å². The summed E-state index contributed by atoms with van der Waals surface area (Å²) in [6.45, 7) is 4.31. The zero-order valence-corrected chi connectivity index (χ0v) is 18.5. The number of amides is 2. The molecule has 0 bridgehead atoms. The summed E-state index contributed by atoms with van der Waals surface area (Å²) < 4.78 is 10.9. The van der Waals surface area contributed by atoms with Crippen molar-refractivity contribution in [2.75, 3.05) is 32.7 Å². The second kappa shape index (κ2) is 9.83. The van der Waals surface area contributed by atoms with E-state index in [1.807, 2.05) is 32.0 Å². The van der Waals surface area contributed by atoms with Crippen molar-refractivity contribution in [1.82, 2.24) is 4.90 Å². The van der Waals surface area contributed by atoms with Crippen LogP contribution in [0.15, 0.2) is 30.3 Å². The third-order valence-corrected chi connectivity index (χ3v) is 5.71. The summed E-state index contributed by atoms with van der Waals surface area (Å²) in [6.07, 6.45) is 2.65. The van der Waals surface area contributed by atoms with Gasteiger partial charge in [-0.05, 0) is 56.9 Å². The molecule has 0 aliphatic carbocycles. The third-order valence-electron chi connectivity index (χ3n) is 5.71. The minimum atomic E-state index is -0.294. The number of nitrogens with one attached hydrogen (secondary N) is 1. The molecule has 166 valence electrons. The zero-order valence-electron chi connectivity index (χ0n) is 18.5. The minimum absolute atomic E-state index is 0.0741. The molecule has 0 aromatic heterocycles. The second-order valence-corrected chi connectivity index (χ2v) is 7.86. The van der Waals surface area contributed by atoms with E-state index in [-0.39, 0.29) is 24.5 Å². The van der Waals surface area contributed by atoms with Gasteiger partial charge < -0.3 is 24.8 Å². The highest BCUT2D eigenvalue weighted by atomic mass is 16.5. The molecule has 1 unspecified atom stereocenters. The van der Waals surface area contributed by atoms with Crippen molar-refractivity contribution in [2.45, 2.75) is 39.2 Å². The Bertz CT molecular complexity index is 973. The van der Waals surface area contributed by atoms with Crippen LogP contribution in [0.3, 0.4) is 0 Å². The smallest absolute Gasteiger partial charge is 0.256 e. The fraction of sp³-hybridized carbons (Fsp3) is 0.417. The van der Waals surface area contributed by atoms with Crippen LogP contribution in [0.25, 0.3) is 0 Å². The maximum atomic E-state index is 13.2. The number of hydrogen-bond donors (Lipinski definition) is 2. The molecule has 7 nitrogen and oxygen atoms in total. The van der Waals surface area contributed by atoms with Crippen molar-refractivity contribution in [2.24, 2.45) is 0 Å². The van der Waals surface area contributed by atoms with Crippen molar-refractivity contribution >= 4 is 17.5 Å². The molecule has 1 heterocycles. The van der Waals surface area contributed by atoms with E-state index >= 15 is 0 Å². The van der Waals surface area contributed by atoms with Gasteiger partial charge in [0.25, 0.3) is 11.8 Å². The summed E-state index contributed by atoms with van der Waals surface area (Å²) in [6, 6.07) is 8.68. The van der Waals surface area contributed by atoms with Gasteiger partial charge in [0.05, 0.1) is 32.6 Å². The molecule has 1 saturated heterocycles. The van der Waals surface area contributed by atoms with E-state index in [0.29, 0.717) is 34.9 Å². The predicted molar refractivity (Wildman–Crippen MR) is 119 cm³/mol. The summed E-state index contributed by atoms with van der Waals surface area (Å²) in [4.78, 5) is 27.9. The van der Waals surface area contributed by atoms with Crippen LogP contribution in [0, 0.1) is 13.8 Å². The molecule has 0 radical (unpaired) electrons. The van der Waals surface area contributed by atoms with Crippen LogP contribution in [-0.2, 0) is 0 Å². The second-order valence-electron chi connectivity index (χ2n) is 7.86. The van der Waals surface area contributed by atoms with E-state index in [4.69, 9.17) is 9.47 Å². The summed E-state index contributed by atoms with van der Waals surface area (Å²) in [5.41, 5.74) is 3.10. The predicted octanol–water partition coefficient (Wildman–Crippen LogP) is 3.56. The lowest BCUT2D eigenvalue weighted by Crippen LogP contribution is -2.45. The van der Waals surface area contributed by atoms with Crippen LogP contribution in [-0.4, -0.2) is 55.2 Å². The number of rotatable bonds is 6. The van der Waals surface area contributed by atoms with Crippen LogP contribution in [0.2, 0.25) is 0 Å². The normalized spacial score (nSPS) is 16.0. The number of piperidine rings is 1. The average molecular weight is 427 g/mol. The fourth-order valence-corrected chi connectivity index (χ4v) is 3.97. The maximum absolute atomic E-state index is 13.2. The van der Waals surface area contributed by atoms with E-state index in [0.717, 1.165) is 30.4 Å². The van der Waals surface area contributed by atoms with Gasteiger partial charge in [-0.1, -0.05) is 17.7 Å². The fourth-order valence-electron chi connectivity index (χ4n) is 3.97. The average Bonchev–Trinajstić information content (AvgIpc) is 2.79. The maximum Gasteiger partial charge on any atom is 0.256 e. The molecule has 1 aliphatic heterocycles. The quantitative estimate of drug-likeness (QED) is 0.737. The molecule has 1 atom stereocenters. The first-order valence-corrected chi connectivity index (χ1v) is 10.5. The van der Waals surface area contributed by atoms with Gasteiger partial charge in [0, 0.05) is 17.7 Å². The Balaban J connectivity index is 1.98. The van der Waals surface area contributed by atoms with Crippen LogP contribution in [0.5, 0.6) is 11.5 Å². The van der Waals surface area contributed by atoms with E-state index < -0.39 is 0 Å². The molecule has 2 amide bonds. The van der Waals surface area contributed by atoms with Gasteiger partial charge in [-0.2, -0.15) is 0 Å². The number of aryl methyl sites for hydroxylation is 2. The molecule has 2 aromatic rings. The zero-order chi connectivity index (χ0) is 22.5. The monoisotopic (exact) mass is 426 g/mol.